The van der Waals surface area contributed by atoms with Crippen LogP contribution in [0.25, 0.3) is 11.0 Å². The molecule has 0 radical (unpaired) electrons. The van der Waals surface area contributed by atoms with E-state index in [-0.39, 0.29) is 0 Å². The molecule has 1 saturated heterocycles. The average Bonchev–Trinajstić information content (AvgIpc) is 3.02. The molecule has 24 heavy (non-hydrogen) atoms. The zero-order valence-corrected chi connectivity index (χ0v) is 13.9. The Morgan fingerprint density at radius 2 is 1.88 bits per heavy atom. The monoisotopic (exact) mass is 324 g/mol. The van der Waals surface area contributed by atoms with Crippen LogP contribution in [0.2, 0.25) is 0 Å². The molecular formula is C17H20N6O. The standard InChI is InChI=1S/C17H20N6O/c1-12-10-13-16(20-12)17(19-11-18-13)23-8-6-22(7-9-23)14-4-3-5-15(21-14)24-2/h3-5,10-11,20H,6-9H2,1-2H3. The van der Waals surface area contributed by atoms with Gasteiger partial charge in [-0.1, -0.05) is 6.07 Å². The second kappa shape index (κ2) is 5.99. The first-order chi connectivity index (χ1) is 11.7. The van der Waals surface area contributed by atoms with Gasteiger partial charge in [-0.3, -0.25) is 0 Å². The molecule has 0 saturated carbocycles. The molecule has 7 nitrogen and oxygen atoms in total. The molecule has 0 unspecified atom stereocenters. The van der Waals surface area contributed by atoms with E-state index in [2.05, 4.69) is 35.8 Å². The summed E-state index contributed by atoms with van der Waals surface area (Å²) in [5.41, 5.74) is 3.09. The predicted molar refractivity (Wildman–Crippen MR) is 93.8 cm³/mol. The largest absolute Gasteiger partial charge is 0.481 e. The fraction of sp³-hybridized carbons (Fsp3) is 0.353. The van der Waals surface area contributed by atoms with Crippen molar-refractivity contribution in [3.63, 3.8) is 0 Å². The van der Waals surface area contributed by atoms with E-state index in [4.69, 9.17) is 4.74 Å². The lowest BCUT2D eigenvalue weighted by Crippen LogP contribution is -2.47. The molecule has 4 heterocycles. The Kier molecular flexibility index (Phi) is 3.68. The Labute approximate surface area is 140 Å². The molecule has 4 rings (SSSR count). The number of piperazine rings is 1. The topological polar surface area (TPSA) is 70.2 Å². The van der Waals surface area contributed by atoms with Crippen molar-refractivity contribution in [3.05, 3.63) is 36.3 Å². The van der Waals surface area contributed by atoms with E-state index in [0.717, 1.165) is 54.5 Å². The van der Waals surface area contributed by atoms with Crippen LogP contribution in [0, 0.1) is 6.92 Å². The van der Waals surface area contributed by atoms with Crippen LogP contribution in [0.3, 0.4) is 0 Å². The number of nitrogens with one attached hydrogen (secondary N) is 1. The van der Waals surface area contributed by atoms with Crippen LogP contribution in [0.4, 0.5) is 11.6 Å². The normalized spacial score (nSPS) is 15.1. The van der Waals surface area contributed by atoms with Crippen LogP contribution >= 0.6 is 0 Å². The lowest BCUT2D eigenvalue weighted by atomic mass is 10.3. The van der Waals surface area contributed by atoms with E-state index in [0.29, 0.717) is 5.88 Å². The number of nitrogens with zero attached hydrogens (tertiary/aromatic N) is 5. The predicted octanol–water partition coefficient (Wildman–Crippen LogP) is 2.00. The number of hydrogen-bond donors (Lipinski definition) is 1. The summed E-state index contributed by atoms with van der Waals surface area (Å²) in [4.78, 5) is 21.3. The lowest BCUT2D eigenvalue weighted by Gasteiger charge is -2.36. The molecule has 1 N–H and O–H groups in total. The summed E-state index contributed by atoms with van der Waals surface area (Å²) >= 11 is 0. The molecule has 0 bridgehead atoms. The Morgan fingerprint density at radius 1 is 1.08 bits per heavy atom. The minimum atomic E-state index is 0.647. The van der Waals surface area contributed by atoms with Crippen LogP contribution < -0.4 is 14.5 Å². The Morgan fingerprint density at radius 3 is 2.67 bits per heavy atom. The number of aromatic nitrogens is 4. The summed E-state index contributed by atoms with van der Waals surface area (Å²) in [6, 6.07) is 7.92. The minimum absolute atomic E-state index is 0.647. The second-order valence-corrected chi connectivity index (χ2v) is 5.92. The van der Waals surface area contributed by atoms with E-state index in [1.54, 1.807) is 13.4 Å². The van der Waals surface area contributed by atoms with Gasteiger partial charge < -0.3 is 19.5 Å². The van der Waals surface area contributed by atoms with Crippen molar-refractivity contribution >= 4 is 22.7 Å². The molecule has 0 aliphatic carbocycles. The summed E-state index contributed by atoms with van der Waals surface area (Å²) in [7, 11) is 1.64. The second-order valence-electron chi connectivity index (χ2n) is 5.92. The van der Waals surface area contributed by atoms with Gasteiger partial charge in [-0.2, -0.15) is 4.98 Å². The number of hydrogen-bond acceptors (Lipinski definition) is 6. The molecule has 0 amide bonds. The van der Waals surface area contributed by atoms with E-state index >= 15 is 0 Å². The van der Waals surface area contributed by atoms with Crippen molar-refractivity contribution in [2.24, 2.45) is 0 Å². The third kappa shape index (κ3) is 2.62. The molecule has 3 aromatic rings. The number of methoxy groups -OCH3 is 1. The lowest BCUT2D eigenvalue weighted by molar-refractivity contribution is 0.397. The quantitative estimate of drug-likeness (QED) is 0.794. The molecule has 3 aromatic heterocycles. The summed E-state index contributed by atoms with van der Waals surface area (Å²) in [5.74, 6) is 2.58. The smallest absolute Gasteiger partial charge is 0.214 e. The van der Waals surface area contributed by atoms with Gasteiger partial charge in [0.05, 0.1) is 12.6 Å². The fourth-order valence-corrected chi connectivity index (χ4v) is 3.14. The van der Waals surface area contributed by atoms with Crippen molar-refractivity contribution < 1.29 is 4.74 Å². The first-order valence-corrected chi connectivity index (χ1v) is 8.06. The first-order valence-electron chi connectivity index (χ1n) is 8.06. The molecule has 1 fully saturated rings. The third-order valence-corrected chi connectivity index (χ3v) is 4.35. The molecular weight excluding hydrogens is 304 g/mol. The summed E-state index contributed by atoms with van der Waals surface area (Å²) in [6.45, 7) is 5.61. The van der Waals surface area contributed by atoms with Gasteiger partial charge in [0.2, 0.25) is 5.88 Å². The number of anilines is 2. The number of H-pyrrole nitrogens is 1. The van der Waals surface area contributed by atoms with Gasteiger partial charge in [0.25, 0.3) is 0 Å². The Balaban J connectivity index is 1.53. The summed E-state index contributed by atoms with van der Waals surface area (Å²) in [5, 5.41) is 0. The molecule has 1 aliphatic rings. The van der Waals surface area contributed by atoms with Gasteiger partial charge in [0, 0.05) is 37.9 Å². The highest BCUT2D eigenvalue weighted by molar-refractivity contribution is 5.86. The molecule has 0 spiro atoms. The van der Waals surface area contributed by atoms with Gasteiger partial charge in [-0.05, 0) is 19.1 Å². The maximum absolute atomic E-state index is 5.22. The number of fused-ring (bicyclic) bond motifs is 1. The van der Waals surface area contributed by atoms with Crippen LogP contribution in [0.15, 0.2) is 30.6 Å². The van der Waals surface area contributed by atoms with E-state index in [9.17, 15) is 0 Å². The van der Waals surface area contributed by atoms with Crippen molar-refractivity contribution in [3.8, 4) is 5.88 Å². The number of aryl methyl sites for hydroxylation is 1. The number of ether oxygens (including phenoxy) is 1. The highest BCUT2D eigenvalue weighted by Crippen LogP contribution is 2.25. The van der Waals surface area contributed by atoms with E-state index in [1.165, 1.54) is 0 Å². The maximum atomic E-state index is 5.22. The number of rotatable bonds is 3. The fourth-order valence-electron chi connectivity index (χ4n) is 3.14. The highest BCUT2D eigenvalue weighted by atomic mass is 16.5. The molecule has 0 aromatic carbocycles. The zero-order valence-electron chi connectivity index (χ0n) is 13.9. The van der Waals surface area contributed by atoms with Crippen LogP contribution in [0.5, 0.6) is 5.88 Å². The number of aromatic amines is 1. The summed E-state index contributed by atoms with van der Waals surface area (Å²) in [6.07, 6.45) is 1.64. The molecule has 124 valence electrons. The molecule has 1 aliphatic heterocycles. The Bertz CT molecular complexity index is 853. The van der Waals surface area contributed by atoms with Gasteiger partial charge in [0.15, 0.2) is 5.82 Å². The zero-order chi connectivity index (χ0) is 16.5. The molecule has 7 heteroatoms. The summed E-state index contributed by atoms with van der Waals surface area (Å²) < 4.78 is 5.22. The van der Waals surface area contributed by atoms with Crippen LogP contribution in [-0.2, 0) is 0 Å². The van der Waals surface area contributed by atoms with Crippen LogP contribution in [0.1, 0.15) is 5.69 Å². The van der Waals surface area contributed by atoms with Gasteiger partial charge in [-0.25, -0.2) is 9.97 Å². The van der Waals surface area contributed by atoms with Crippen molar-refractivity contribution in [1.29, 1.82) is 0 Å². The van der Waals surface area contributed by atoms with Crippen molar-refractivity contribution in [2.45, 2.75) is 6.92 Å². The third-order valence-electron chi connectivity index (χ3n) is 4.35. The van der Waals surface area contributed by atoms with Gasteiger partial charge in [0.1, 0.15) is 17.7 Å². The molecule has 0 atom stereocenters. The van der Waals surface area contributed by atoms with Gasteiger partial charge >= 0.3 is 0 Å². The average molecular weight is 324 g/mol. The van der Waals surface area contributed by atoms with E-state index < -0.39 is 0 Å². The van der Waals surface area contributed by atoms with Crippen molar-refractivity contribution in [1.82, 2.24) is 19.9 Å². The minimum Gasteiger partial charge on any atom is -0.481 e. The first kappa shape index (κ1) is 14.7. The SMILES string of the molecule is COc1cccc(N2CCN(c3ncnc4cc(C)[nH]c34)CC2)n1. The Hall–Kier alpha value is -2.83. The van der Waals surface area contributed by atoms with Gasteiger partial charge in [-0.15, -0.1) is 0 Å². The van der Waals surface area contributed by atoms with Crippen molar-refractivity contribution in [2.75, 3.05) is 43.1 Å². The van der Waals surface area contributed by atoms with Crippen LogP contribution in [-0.4, -0.2) is 53.2 Å². The highest BCUT2D eigenvalue weighted by Gasteiger charge is 2.21. The number of pyridine rings is 1. The maximum Gasteiger partial charge on any atom is 0.214 e. The van der Waals surface area contributed by atoms with E-state index in [1.807, 2.05) is 25.1 Å².